The first-order valence-electron chi connectivity index (χ1n) is 5.25. The number of nitrogens with one attached hydrogen (secondary N) is 1. The van der Waals surface area contributed by atoms with Crippen molar-refractivity contribution in [2.24, 2.45) is 0 Å². The van der Waals surface area contributed by atoms with Crippen molar-refractivity contribution in [2.45, 2.75) is 13.8 Å². The largest absolute Gasteiger partial charge is 0.383 e. The Morgan fingerprint density at radius 1 is 1.20 bits per heavy atom. The van der Waals surface area contributed by atoms with Crippen LogP contribution in [0.4, 0.5) is 11.6 Å². The number of aryl methyl sites for hydroxylation is 1. The van der Waals surface area contributed by atoms with E-state index < -0.39 is 0 Å². The number of nitrogens with zero attached hydrogens (tertiary/aromatic N) is 3. The SMILES string of the molecule is Cc1nc(N)c(C)c(N2CCNCC2)n1. The van der Waals surface area contributed by atoms with Crippen LogP contribution in [0.1, 0.15) is 11.4 Å². The number of anilines is 2. The van der Waals surface area contributed by atoms with E-state index in [0.29, 0.717) is 5.82 Å². The molecule has 0 radical (unpaired) electrons. The molecule has 1 aromatic rings. The Morgan fingerprint density at radius 2 is 1.87 bits per heavy atom. The number of hydrogen-bond acceptors (Lipinski definition) is 5. The predicted octanol–water partition coefficient (Wildman–Crippen LogP) is 0.0852. The number of nitrogens with two attached hydrogens (primary N) is 1. The van der Waals surface area contributed by atoms with Gasteiger partial charge >= 0.3 is 0 Å². The molecule has 82 valence electrons. The van der Waals surface area contributed by atoms with Crippen molar-refractivity contribution < 1.29 is 0 Å². The van der Waals surface area contributed by atoms with Crippen molar-refractivity contribution >= 4 is 11.6 Å². The van der Waals surface area contributed by atoms with E-state index in [1.54, 1.807) is 0 Å². The second kappa shape index (κ2) is 4.02. The van der Waals surface area contributed by atoms with E-state index in [0.717, 1.165) is 43.4 Å². The van der Waals surface area contributed by atoms with Gasteiger partial charge in [0.05, 0.1) is 0 Å². The summed E-state index contributed by atoms with van der Waals surface area (Å²) in [5.41, 5.74) is 6.82. The van der Waals surface area contributed by atoms with Gasteiger partial charge in [-0.15, -0.1) is 0 Å². The van der Waals surface area contributed by atoms with E-state index in [1.807, 2.05) is 13.8 Å². The normalized spacial score (nSPS) is 16.8. The highest BCUT2D eigenvalue weighted by Gasteiger charge is 2.16. The fraction of sp³-hybridized carbons (Fsp3) is 0.600. The second-order valence-corrected chi connectivity index (χ2v) is 3.84. The first-order valence-corrected chi connectivity index (χ1v) is 5.25. The number of piperazine rings is 1. The molecule has 5 nitrogen and oxygen atoms in total. The molecule has 1 aliphatic rings. The highest BCUT2D eigenvalue weighted by Crippen LogP contribution is 2.21. The molecule has 0 saturated carbocycles. The summed E-state index contributed by atoms with van der Waals surface area (Å²) in [4.78, 5) is 10.9. The molecular formula is C10H17N5. The third-order valence-electron chi connectivity index (χ3n) is 2.69. The first kappa shape index (κ1) is 10.2. The number of rotatable bonds is 1. The van der Waals surface area contributed by atoms with E-state index in [2.05, 4.69) is 20.2 Å². The van der Waals surface area contributed by atoms with E-state index >= 15 is 0 Å². The molecular weight excluding hydrogens is 190 g/mol. The summed E-state index contributed by atoms with van der Waals surface area (Å²) >= 11 is 0. The number of nitrogen functional groups attached to an aromatic ring is 1. The lowest BCUT2D eigenvalue weighted by atomic mass is 10.2. The summed E-state index contributed by atoms with van der Waals surface area (Å²) in [6.45, 7) is 7.83. The minimum Gasteiger partial charge on any atom is -0.383 e. The molecule has 0 aliphatic carbocycles. The van der Waals surface area contributed by atoms with Crippen molar-refractivity contribution in [3.05, 3.63) is 11.4 Å². The number of aromatic nitrogens is 2. The monoisotopic (exact) mass is 207 g/mol. The van der Waals surface area contributed by atoms with Crippen LogP contribution in [0.25, 0.3) is 0 Å². The van der Waals surface area contributed by atoms with Crippen molar-refractivity contribution in [3.8, 4) is 0 Å². The van der Waals surface area contributed by atoms with Gasteiger partial charge in [0.2, 0.25) is 0 Å². The molecule has 3 N–H and O–H groups in total. The van der Waals surface area contributed by atoms with Gasteiger partial charge in [-0.2, -0.15) is 0 Å². The number of hydrogen-bond donors (Lipinski definition) is 2. The molecule has 2 heterocycles. The summed E-state index contributed by atoms with van der Waals surface area (Å²) < 4.78 is 0. The van der Waals surface area contributed by atoms with Crippen LogP contribution in [0.5, 0.6) is 0 Å². The lowest BCUT2D eigenvalue weighted by Crippen LogP contribution is -2.44. The molecule has 0 bridgehead atoms. The smallest absolute Gasteiger partial charge is 0.137 e. The highest BCUT2D eigenvalue weighted by atomic mass is 15.2. The molecule has 0 atom stereocenters. The zero-order valence-electron chi connectivity index (χ0n) is 9.25. The van der Waals surface area contributed by atoms with Crippen molar-refractivity contribution in [2.75, 3.05) is 36.8 Å². The Balaban J connectivity index is 2.33. The third kappa shape index (κ3) is 2.02. The van der Waals surface area contributed by atoms with E-state index in [1.165, 1.54) is 0 Å². The van der Waals surface area contributed by atoms with Crippen molar-refractivity contribution in [3.63, 3.8) is 0 Å². The zero-order valence-corrected chi connectivity index (χ0v) is 9.25. The van der Waals surface area contributed by atoms with Crippen molar-refractivity contribution in [1.29, 1.82) is 0 Å². The average molecular weight is 207 g/mol. The Kier molecular flexibility index (Phi) is 2.73. The summed E-state index contributed by atoms with van der Waals surface area (Å²) in [6.07, 6.45) is 0. The topological polar surface area (TPSA) is 67.1 Å². The van der Waals surface area contributed by atoms with E-state index in [9.17, 15) is 0 Å². The molecule has 15 heavy (non-hydrogen) atoms. The van der Waals surface area contributed by atoms with Crippen LogP contribution in [-0.2, 0) is 0 Å². The van der Waals surface area contributed by atoms with Crippen LogP contribution in [0.3, 0.4) is 0 Å². The minimum absolute atomic E-state index is 0.594. The maximum Gasteiger partial charge on any atom is 0.137 e. The molecule has 2 rings (SSSR count). The van der Waals surface area contributed by atoms with Gasteiger partial charge in [0, 0.05) is 31.7 Å². The van der Waals surface area contributed by atoms with Gasteiger partial charge in [0.15, 0.2) is 0 Å². The molecule has 0 amide bonds. The van der Waals surface area contributed by atoms with Crippen LogP contribution in [0.15, 0.2) is 0 Å². The molecule has 0 unspecified atom stereocenters. The first-order chi connectivity index (χ1) is 7.18. The third-order valence-corrected chi connectivity index (χ3v) is 2.69. The van der Waals surface area contributed by atoms with E-state index in [4.69, 9.17) is 5.73 Å². The summed E-state index contributed by atoms with van der Waals surface area (Å²) in [5, 5.41) is 3.32. The average Bonchev–Trinajstić information content (AvgIpc) is 2.24. The fourth-order valence-corrected chi connectivity index (χ4v) is 1.82. The highest BCUT2D eigenvalue weighted by molar-refractivity contribution is 5.56. The maximum absolute atomic E-state index is 5.83. The predicted molar refractivity (Wildman–Crippen MR) is 61.0 cm³/mol. The van der Waals surface area contributed by atoms with Gasteiger partial charge in [-0.25, -0.2) is 9.97 Å². The van der Waals surface area contributed by atoms with Gasteiger partial charge in [-0.1, -0.05) is 0 Å². The minimum atomic E-state index is 0.594. The Bertz CT molecular complexity index is 357. The van der Waals surface area contributed by atoms with Gasteiger partial charge in [0.25, 0.3) is 0 Å². The zero-order chi connectivity index (χ0) is 10.8. The van der Waals surface area contributed by atoms with Gasteiger partial charge in [0.1, 0.15) is 17.5 Å². The van der Waals surface area contributed by atoms with Gasteiger partial charge in [-0.05, 0) is 13.8 Å². The molecule has 0 spiro atoms. The molecule has 5 heteroatoms. The Morgan fingerprint density at radius 3 is 2.53 bits per heavy atom. The molecule has 0 aromatic carbocycles. The lowest BCUT2D eigenvalue weighted by Gasteiger charge is -2.29. The van der Waals surface area contributed by atoms with Gasteiger partial charge < -0.3 is 16.0 Å². The lowest BCUT2D eigenvalue weighted by molar-refractivity contribution is 0.583. The van der Waals surface area contributed by atoms with Crippen LogP contribution < -0.4 is 16.0 Å². The molecule has 1 aliphatic heterocycles. The second-order valence-electron chi connectivity index (χ2n) is 3.84. The Labute approximate surface area is 89.7 Å². The standard InChI is InChI=1S/C10H17N5/c1-7-9(11)13-8(2)14-10(7)15-5-3-12-4-6-15/h12H,3-6H2,1-2H3,(H2,11,13,14). The molecule has 1 fully saturated rings. The quantitative estimate of drug-likeness (QED) is 0.683. The summed E-state index contributed by atoms with van der Waals surface area (Å²) in [7, 11) is 0. The fourth-order valence-electron chi connectivity index (χ4n) is 1.82. The van der Waals surface area contributed by atoms with Crippen LogP contribution >= 0.6 is 0 Å². The van der Waals surface area contributed by atoms with E-state index in [-0.39, 0.29) is 0 Å². The molecule has 1 aromatic heterocycles. The maximum atomic E-state index is 5.83. The summed E-state index contributed by atoms with van der Waals surface area (Å²) in [5.74, 6) is 2.32. The van der Waals surface area contributed by atoms with Crippen molar-refractivity contribution in [1.82, 2.24) is 15.3 Å². The van der Waals surface area contributed by atoms with Crippen LogP contribution in [-0.4, -0.2) is 36.1 Å². The van der Waals surface area contributed by atoms with Crippen LogP contribution in [0, 0.1) is 13.8 Å². The summed E-state index contributed by atoms with van der Waals surface area (Å²) in [6, 6.07) is 0. The van der Waals surface area contributed by atoms with Gasteiger partial charge in [-0.3, -0.25) is 0 Å². The molecule has 1 saturated heterocycles. The van der Waals surface area contributed by atoms with Crippen LogP contribution in [0.2, 0.25) is 0 Å². The Hall–Kier alpha value is -1.36.